The quantitative estimate of drug-likeness (QED) is 0.813. The number of amides is 1. The van der Waals surface area contributed by atoms with Crippen molar-refractivity contribution in [3.63, 3.8) is 0 Å². The summed E-state index contributed by atoms with van der Waals surface area (Å²) >= 11 is 6.01. The van der Waals surface area contributed by atoms with Crippen LogP contribution in [0.3, 0.4) is 0 Å². The van der Waals surface area contributed by atoms with Gasteiger partial charge in [-0.25, -0.2) is 0 Å². The highest BCUT2D eigenvalue weighted by molar-refractivity contribution is 6.31. The highest BCUT2D eigenvalue weighted by Crippen LogP contribution is 2.37. The van der Waals surface area contributed by atoms with Crippen molar-refractivity contribution in [1.29, 1.82) is 0 Å². The Kier molecular flexibility index (Phi) is 3.92. The lowest BCUT2D eigenvalue weighted by molar-refractivity contribution is 0.102. The van der Waals surface area contributed by atoms with Crippen molar-refractivity contribution in [3.05, 3.63) is 46.5 Å². The van der Waals surface area contributed by atoms with Crippen molar-refractivity contribution in [2.75, 3.05) is 24.4 Å². The number of hydrogen-bond donors (Lipinski definition) is 3. The summed E-state index contributed by atoms with van der Waals surface area (Å²) in [5.74, 6) is 0.411. The van der Waals surface area contributed by atoms with Gasteiger partial charge in [-0.05, 0) is 36.2 Å². The lowest BCUT2D eigenvalue weighted by Gasteiger charge is -2.14. The first kappa shape index (κ1) is 14.7. The minimum atomic E-state index is -0.213. The second-order valence-electron chi connectivity index (χ2n) is 4.95. The molecule has 2 aromatic carbocycles. The molecular weight excluding hydrogens is 304 g/mol. The molecule has 5 nitrogen and oxygen atoms in total. The fraction of sp³-hybridized carbons (Fsp3) is 0.188. The van der Waals surface area contributed by atoms with Gasteiger partial charge >= 0.3 is 0 Å². The molecule has 1 aliphatic rings. The van der Waals surface area contributed by atoms with E-state index >= 15 is 0 Å². The molecule has 3 N–H and O–H groups in total. The Labute approximate surface area is 132 Å². The molecule has 0 bridgehead atoms. The molecule has 0 saturated heterocycles. The van der Waals surface area contributed by atoms with Gasteiger partial charge in [-0.2, -0.15) is 0 Å². The van der Waals surface area contributed by atoms with E-state index in [0.717, 1.165) is 11.3 Å². The van der Waals surface area contributed by atoms with Crippen LogP contribution in [0, 0.1) is 0 Å². The molecule has 114 valence electrons. The maximum atomic E-state index is 12.3. The van der Waals surface area contributed by atoms with Gasteiger partial charge in [-0.3, -0.25) is 4.79 Å². The van der Waals surface area contributed by atoms with Gasteiger partial charge in [0.2, 0.25) is 0 Å². The monoisotopic (exact) mass is 318 g/mol. The van der Waals surface area contributed by atoms with Crippen LogP contribution in [0.25, 0.3) is 0 Å². The minimum absolute atomic E-state index is 0.0178. The third-order valence-corrected chi connectivity index (χ3v) is 3.78. The van der Waals surface area contributed by atoms with E-state index in [1.807, 2.05) is 6.07 Å². The van der Waals surface area contributed by atoms with E-state index in [4.69, 9.17) is 16.3 Å². The molecule has 0 aromatic heterocycles. The molecule has 0 spiro atoms. The van der Waals surface area contributed by atoms with Gasteiger partial charge in [-0.1, -0.05) is 11.6 Å². The molecule has 0 radical (unpaired) electrons. The summed E-state index contributed by atoms with van der Waals surface area (Å²) in [5.41, 5.74) is 3.37. The van der Waals surface area contributed by atoms with Gasteiger partial charge in [0.15, 0.2) is 0 Å². The van der Waals surface area contributed by atoms with E-state index in [9.17, 15) is 9.90 Å². The van der Waals surface area contributed by atoms with Crippen LogP contribution in [0.5, 0.6) is 5.75 Å². The number of aliphatic hydroxyl groups excluding tert-OH is 1. The summed E-state index contributed by atoms with van der Waals surface area (Å²) in [7, 11) is 1.56. The van der Waals surface area contributed by atoms with Crippen LogP contribution < -0.4 is 15.4 Å². The SMILES string of the molecule is COc1cc2c(cc1CCO)Nc1cc(Cl)ccc1C(=O)N2. The van der Waals surface area contributed by atoms with E-state index in [1.54, 1.807) is 31.4 Å². The molecule has 0 atom stereocenters. The normalized spacial score (nSPS) is 12.6. The number of benzene rings is 2. The molecule has 1 amide bonds. The van der Waals surface area contributed by atoms with E-state index in [2.05, 4.69) is 10.6 Å². The summed E-state index contributed by atoms with van der Waals surface area (Å²) in [6.07, 6.45) is 0.467. The first-order valence-corrected chi connectivity index (χ1v) is 7.20. The molecule has 0 aliphatic carbocycles. The first-order valence-electron chi connectivity index (χ1n) is 6.82. The number of carbonyl (C=O) groups excluding carboxylic acids is 1. The second kappa shape index (κ2) is 5.87. The van der Waals surface area contributed by atoms with Crippen LogP contribution in [0.4, 0.5) is 17.1 Å². The number of nitrogens with one attached hydrogen (secondary N) is 2. The average Bonchev–Trinajstić information content (AvgIpc) is 2.62. The minimum Gasteiger partial charge on any atom is -0.496 e. The van der Waals surface area contributed by atoms with Crippen molar-refractivity contribution in [1.82, 2.24) is 0 Å². The molecule has 0 fully saturated rings. The van der Waals surface area contributed by atoms with Crippen LogP contribution in [0.15, 0.2) is 30.3 Å². The molecule has 6 heteroatoms. The summed E-state index contributed by atoms with van der Waals surface area (Å²) in [6, 6.07) is 8.67. The van der Waals surface area contributed by atoms with Crippen molar-refractivity contribution < 1.29 is 14.6 Å². The second-order valence-corrected chi connectivity index (χ2v) is 5.39. The molecule has 0 unspecified atom stereocenters. The van der Waals surface area contributed by atoms with Crippen molar-refractivity contribution in [2.45, 2.75) is 6.42 Å². The zero-order chi connectivity index (χ0) is 15.7. The fourth-order valence-corrected chi connectivity index (χ4v) is 2.66. The Bertz CT molecular complexity index is 746. The van der Waals surface area contributed by atoms with Gasteiger partial charge < -0.3 is 20.5 Å². The Morgan fingerprint density at radius 2 is 1.91 bits per heavy atom. The molecule has 3 rings (SSSR count). The maximum Gasteiger partial charge on any atom is 0.257 e. The molecule has 2 aromatic rings. The zero-order valence-corrected chi connectivity index (χ0v) is 12.7. The lowest BCUT2D eigenvalue weighted by Crippen LogP contribution is -2.10. The summed E-state index contributed by atoms with van der Waals surface area (Å²) < 4.78 is 5.32. The summed E-state index contributed by atoms with van der Waals surface area (Å²) in [4.78, 5) is 12.3. The summed E-state index contributed by atoms with van der Waals surface area (Å²) in [5, 5.41) is 15.8. The lowest BCUT2D eigenvalue weighted by atomic mass is 10.1. The van der Waals surface area contributed by atoms with Crippen LogP contribution >= 0.6 is 11.6 Å². The highest BCUT2D eigenvalue weighted by Gasteiger charge is 2.21. The van der Waals surface area contributed by atoms with E-state index in [0.29, 0.717) is 34.1 Å². The van der Waals surface area contributed by atoms with Crippen LogP contribution in [0.1, 0.15) is 15.9 Å². The van der Waals surface area contributed by atoms with Crippen molar-refractivity contribution in [3.8, 4) is 5.75 Å². The molecular formula is C16H15ClN2O3. The molecule has 1 aliphatic heterocycles. The summed E-state index contributed by atoms with van der Waals surface area (Å²) in [6.45, 7) is 0.0178. The van der Waals surface area contributed by atoms with E-state index in [1.165, 1.54) is 0 Å². The highest BCUT2D eigenvalue weighted by atomic mass is 35.5. The largest absolute Gasteiger partial charge is 0.496 e. The van der Waals surface area contributed by atoms with E-state index in [-0.39, 0.29) is 12.5 Å². The Hall–Kier alpha value is -2.24. The number of halogens is 1. The number of anilines is 3. The Balaban J connectivity index is 2.12. The molecule has 0 saturated carbocycles. The van der Waals surface area contributed by atoms with E-state index < -0.39 is 0 Å². The van der Waals surface area contributed by atoms with Crippen molar-refractivity contribution >= 4 is 34.6 Å². The third-order valence-electron chi connectivity index (χ3n) is 3.55. The van der Waals surface area contributed by atoms with Crippen LogP contribution in [-0.4, -0.2) is 24.7 Å². The number of methoxy groups -OCH3 is 1. The van der Waals surface area contributed by atoms with Gasteiger partial charge in [-0.15, -0.1) is 0 Å². The number of hydrogen-bond acceptors (Lipinski definition) is 4. The van der Waals surface area contributed by atoms with Gasteiger partial charge in [0, 0.05) is 17.7 Å². The van der Waals surface area contributed by atoms with Gasteiger partial charge in [0.25, 0.3) is 5.91 Å². The third kappa shape index (κ3) is 2.61. The average molecular weight is 319 g/mol. The predicted molar refractivity (Wildman–Crippen MR) is 86.5 cm³/mol. The molecule has 1 heterocycles. The fourth-order valence-electron chi connectivity index (χ4n) is 2.49. The van der Waals surface area contributed by atoms with Crippen molar-refractivity contribution in [2.24, 2.45) is 0 Å². The number of fused-ring (bicyclic) bond motifs is 2. The topological polar surface area (TPSA) is 70.6 Å². The molecule has 22 heavy (non-hydrogen) atoms. The Morgan fingerprint density at radius 1 is 1.14 bits per heavy atom. The Morgan fingerprint density at radius 3 is 2.64 bits per heavy atom. The zero-order valence-electron chi connectivity index (χ0n) is 11.9. The maximum absolute atomic E-state index is 12.3. The first-order chi connectivity index (χ1) is 10.6. The number of ether oxygens (including phenoxy) is 1. The van der Waals surface area contributed by atoms with Crippen LogP contribution in [0.2, 0.25) is 5.02 Å². The number of aliphatic hydroxyl groups is 1. The predicted octanol–water partition coefficient (Wildman–Crippen LogP) is 3.19. The van der Waals surface area contributed by atoms with Gasteiger partial charge in [0.05, 0.1) is 29.7 Å². The standard InChI is InChI=1S/C16H15ClN2O3/c1-22-15-8-14-13(6-9(15)4-5-20)18-12-7-10(17)2-3-11(12)16(21)19-14/h2-3,6-8,18,20H,4-5H2,1H3,(H,19,21). The number of carbonyl (C=O) groups is 1. The smallest absolute Gasteiger partial charge is 0.257 e. The van der Waals surface area contributed by atoms with Gasteiger partial charge in [0.1, 0.15) is 5.75 Å². The number of rotatable bonds is 3. The van der Waals surface area contributed by atoms with Crippen LogP contribution in [-0.2, 0) is 6.42 Å².